The zero-order valence-corrected chi connectivity index (χ0v) is 24.3. The monoisotopic (exact) mass is 538 g/mol. The molecule has 7 nitrogen and oxygen atoms in total. The summed E-state index contributed by atoms with van der Waals surface area (Å²) in [6, 6.07) is 20.2. The highest BCUT2D eigenvalue weighted by atomic mass is 16.1. The highest BCUT2D eigenvalue weighted by Gasteiger charge is 2.13. The van der Waals surface area contributed by atoms with E-state index in [1.807, 2.05) is 73.5 Å². The second kappa shape index (κ2) is 14.5. The van der Waals surface area contributed by atoms with Crippen LogP contribution in [0, 0.1) is 6.92 Å². The molecule has 0 saturated carbocycles. The van der Waals surface area contributed by atoms with Gasteiger partial charge < -0.3 is 9.88 Å². The third-order valence-electron chi connectivity index (χ3n) is 6.96. The van der Waals surface area contributed by atoms with E-state index in [0.717, 1.165) is 67.4 Å². The molecule has 0 spiro atoms. The molecule has 0 saturated heterocycles. The molecule has 0 aliphatic rings. The van der Waals surface area contributed by atoms with E-state index in [4.69, 9.17) is 0 Å². The fourth-order valence-electron chi connectivity index (χ4n) is 4.81. The van der Waals surface area contributed by atoms with E-state index < -0.39 is 0 Å². The maximum Gasteiger partial charge on any atom is 0.255 e. The Bertz CT molecular complexity index is 1320. The van der Waals surface area contributed by atoms with Crippen molar-refractivity contribution in [2.45, 2.75) is 59.8 Å². The van der Waals surface area contributed by atoms with Crippen LogP contribution >= 0.6 is 0 Å². The van der Waals surface area contributed by atoms with Crippen LogP contribution in [0.2, 0.25) is 0 Å². The van der Waals surface area contributed by atoms with Crippen molar-refractivity contribution in [1.29, 1.82) is 0 Å². The maximum absolute atomic E-state index is 12.9. The molecule has 7 heteroatoms. The van der Waals surface area contributed by atoms with Crippen LogP contribution in [0.5, 0.6) is 0 Å². The summed E-state index contributed by atoms with van der Waals surface area (Å²) in [7, 11) is 2.01. The number of amides is 1. The Morgan fingerprint density at radius 1 is 0.800 bits per heavy atom. The molecule has 4 aromatic rings. The smallest absolute Gasteiger partial charge is 0.255 e. The van der Waals surface area contributed by atoms with E-state index in [2.05, 4.69) is 63.2 Å². The number of nitrogens with one attached hydrogen (secondary N) is 1. The lowest BCUT2D eigenvalue weighted by molar-refractivity contribution is 0.102. The molecule has 1 amide bonds. The summed E-state index contributed by atoms with van der Waals surface area (Å²) in [4.78, 5) is 26.9. The Morgan fingerprint density at radius 3 is 2.02 bits per heavy atom. The molecule has 40 heavy (non-hydrogen) atoms. The molecule has 2 aromatic heterocycles. The van der Waals surface area contributed by atoms with Crippen molar-refractivity contribution < 1.29 is 4.79 Å². The first-order chi connectivity index (χ1) is 19.4. The van der Waals surface area contributed by atoms with Gasteiger partial charge in [-0.15, -0.1) is 0 Å². The molecule has 1 N–H and O–H groups in total. The summed E-state index contributed by atoms with van der Waals surface area (Å²) in [5, 5.41) is 3.04. The predicted octanol–water partition coefficient (Wildman–Crippen LogP) is 6.20. The topological polar surface area (TPSA) is 66.3 Å². The predicted molar refractivity (Wildman–Crippen MR) is 162 cm³/mol. The molecule has 0 aliphatic carbocycles. The van der Waals surface area contributed by atoms with Crippen LogP contribution in [0.3, 0.4) is 0 Å². The van der Waals surface area contributed by atoms with Gasteiger partial charge in [-0.1, -0.05) is 44.2 Å². The number of hydrogen-bond donors (Lipinski definition) is 1. The van der Waals surface area contributed by atoms with Crippen molar-refractivity contribution in [3.05, 3.63) is 113 Å². The molecule has 0 unspecified atom stereocenters. The summed E-state index contributed by atoms with van der Waals surface area (Å²) in [6.45, 7) is 11.8. The van der Waals surface area contributed by atoms with E-state index >= 15 is 0 Å². The summed E-state index contributed by atoms with van der Waals surface area (Å²) in [5.74, 6) is 0.893. The van der Waals surface area contributed by atoms with Gasteiger partial charge >= 0.3 is 0 Å². The number of carbonyl (C=O) groups is 1. The molecule has 4 rings (SSSR count). The van der Waals surface area contributed by atoms with Crippen LogP contribution in [0.4, 0.5) is 5.69 Å². The van der Waals surface area contributed by atoms with Crippen molar-refractivity contribution >= 4 is 11.6 Å². The van der Waals surface area contributed by atoms with E-state index in [9.17, 15) is 4.79 Å². The Morgan fingerprint density at radius 2 is 1.45 bits per heavy atom. The van der Waals surface area contributed by atoms with Gasteiger partial charge in [0, 0.05) is 56.5 Å². The normalized spacial score (nSPS) is 11.3. The number of anilines is 1. The zero-order valence-electron chi connectivity index (χ0n) is 24.3. The molecule has 2 aromatic carbocycles. The second-order valence-electron chi connectivity index (χ2n) is 10.6. The highest BCUT2D eigenvalue weighted by Crippen LogP contribution is 2.16. The van der Waals surface area contributed by atoms with Crippen LogP contribution in [0.25, 0.3) is 0 Å². The zero-order chi connectivity index (χ0) is 28.3. The third kappa shape index (κ3) is 8.60. The SMILES string of the molecule is CCCN(CCC)Cc1ccc(NC(=O)c2ccc(CN(Cc3ccc(C)cn3)Cc3nccn3C)cc2)cc1. The van der Waals surface area contributed by atoms with Gasteiger partial charge in [-0.25, -0.2) is 4.98 Å². The minimum absolute atomic E-state index is 0.105. The van der Waals surface area contributed by atoms with E-state index in [1.165, 1.54) is 5.56 Å². The number of imidazole rings is 1. The van der Waals surface area contributed by atoms with Gasteiger partial charge in [0.15, 0.2) is 0 Å². The lowest BCUT2D eigenvalue weighted by Gasteiger charge is -2.22. The van der Waals surface area contributed by atoms with Crippen LogP contribution in [0.15, 0.2) is 79.3 Å². The lowest BCUT2D eigenvalue weighted by Crippen LogP contribution is -2.24. The van der Waals surface area contributed by atoms with E-state index in [0.29, 0.717) is 18.7 Å². The van der Waals surface area contributed by atoms with Crippen LogP contribution < -0.4 is 5.32 Å². The van der Waals surface area contributed by atoms with Crippen LogP contribution in [-0.2, 0) is 33.2 Å². The molecule has 0 atom stereocenters. The first-order valence-corrected chi connectivity index (χ1v) is 14.2. The van der Waals surface area contributed by atoms with Gasteiger partial charge in [0.1, 0.15) is 5.82 Å². The summed E-state index contributed by atoms with van der Waals surface area (Å²) in [5.41, 5.74) is 6.01. The van der Waals surface area contributed by atoms with Crippen molar-refractivity contribution in [1.82, 2.24) is 24.3 Å². The quantitative estimate of drug-likeness (QED) is 0.207. The molecule has 2 heterocycles. The Labute approximate surface area is 238 Å². The molecule has 0 radical (unpaired) electrons. The summed E-state index contributed by atoms with van der Waals surface area (Å²) >= 11 is 0. The maximum atomic E-state index is 12.9. The molecule has 0 aliphatic heterocycles. The number of aromatic nitrogens is 3. The fraction of sp³-hybridized carbons (Fsp3) is 0.364. The third-order valence-corrected chi connectivity index (χ3v) is 6.96. The van der Waals surface area contributed by atoms with Gasteiger partial charge in [-0.05, 0) is 79.9 Å². The van der Waals surface area contributed by atoms with Crippen LogP contribution in [0.1, 0.15) is 65.3 Å². The standard InChI is InChI=1S/C33H42N6O/c1-5-18-38(19-6-2)22-28-10-15-30(16-11-28)36-33(40)29-12-8-27(9-13-29)23-39(25-32-34-17-20-37(32)4)24-31-14-7-26(3)21-35-31/h7-17,20-21H,5-6,18-19,22-25H2,1-4H3,(H,36,40). The number of benzene rings is 2. The van der Waals surface area contributed by atoms with Crippen molar-refractivity contribution in [2.75, 3.05) is 18.4 Å². The van der Waals surface area contributed by atoms with Crippen molar-refractivity contribution in [3.8, 4) is 0 Å². The Hall–Kier alpha value is -3.81. The van der Waals surface area contributed by atoms with E-state index in [-0.39, 0.29) is 5.91 Å². The number of aryl methyl sites for hydroxylation is 2. The van der Waals surface area contributed by atoms with Gasteiger partial charge in [0.25, 0.3) is 5.91 Å². The van der Waals surface area contributed by atoms with Gasteiger partial charge in [0.2, 0.25) is 0 Å². The number of carbonyl (C=O) groups excluding carboxylic acids is 1. The minimum atomic E-state index is -0.105. The fourth-order valence-corrected chi connectivity index (χ4v) is 4.81. The molecule has 0 fully saturated rings. The number of pyridine rings is 1. The Balaban J connectivity index is 1.37. The number of hydrogen-bond acceptors (Lipinski definition) is 5. The van der Waals surface area contributed by atoms with Gasteiger partial charge in [-0.2, -0.15) is 0 Å². The molecular formula is C33H42N6O. The van der Waals surface area contributed by atoms with Crippen molar-refractivity contribution in [2.24, 2.45) is 7.05 Å². The Kier molecular flexibility index (Phi) is 10.6. The highest BCUT2D eigenvalue weighted by molar-refractivity contribution is 6.04. The van der Waals surface area contributed by atoms with E-state index in [1.54, 1.807) is 0 Å². The number of rotatable bonds is 14. The lowest BCUT2D eigenvalue weighted by atomic mass is 10.1. The van der Waals surface area contributed by atoms with Crippen molar-refractivity contribution in [3.63, 3.8) is 0 Å². The molecule has 210 valence electrons. The average Bonchev–Trinajstić information content (AvgIpc) is 3.35. The minimum Gasteiger partial charge on any atom is -0.337 e. The first-order valence-electron chi connectivity index (χ1n) is 14.2. The first kappa shape index (κ1) is 29.2. The molecule has 0 bridgehead atoms. The molecular weight excluding hydrogens is 496 g/mol. The number of nitrogens with zero attached hydrogens (tertiary/aromatic N) is 5. The summed E-state index contributed by atoms with van der Waals surface area (Å²) < 4.78 is 2.04. The largest absolute Gasteiger partial charge is 0.337 e. The average molecular weight is 539 g/mol. The summed E-state index contributed by atoms with van der Waals surface area (Å²) in [6.07, 6.45) is 8.00. The van der Waals surface area contributed by atoms with Gasteiger partial charge in [-0.3, -0.25) is 19.6 Å². The van der Waals surface area contributed by atoms with Gasteiger partial charge in [0.05, 0.1) is 12.2 Å². The van der Waals surface area contributed by atoms with Crippen LogP contribution in [-0.4, -0.2) is 43.3 Å². The second-order valence-corrected chi connectivity index (χ2v) is 10.6.